The number of rotatable bonds is 8. The fourth-order valence-corrected chi connectivity index (χ4v) is 3.11. The first kappa shape index (κ1) is 18.4. The highest BCUT2D eigenvalue weighted by molar-refractivity contribution is 7.09. The van der Waals surface area contributed by atoms with Crippen LogP contribution in [-0.4, -0.2) is 22.0 Å². The normalized spacial score (nSPS) is 11.9. The molecule has 7 heteroatoms. The summed E-state index contributed by atoms with van der Waals surface area (Å²) in [5, 5.41) is 15.4. The van der Waals surface area contributed by atoms with Crippen LogP contribution in [0.1, 0.15) is 41.6 Å². The number of hydrogen-bond donors (Lipinski definition) is 2. The first-order chi connectivity index (χ1) is 11.4. The second-order valence-corrected chi connectivity index (χ2v) is 6.98. The Hall–Kier alpha value is -1.92. The molecule has 24 heavy (non-hydrogen) atoms. The van der Waals surface area contributed by atoms with Crippen molar-refractivity contribution >= 4 is 34.8 Å². The first-order valence-corrected chi connectivity index (χ1v) is 8.87. The molecule has 2 aromatic rings. The Morgan fingerprint density at radius 2 is 2.04 bits per heavy atom. The van der Waals surface area contributed by atoms with E-state index in [1.807, 2.05) is 12.3 Å². The number of aromatic nitrogens is 1. The molecule has 0 unspecified atom stereocenters. The van der Waals surface area contributed by atoms with Gasteiger partial charge in [-0.15, -0.1) is 11.3 Å². The molecule has 5 nitrogen and oxygen atoms in total. The number of nitrogens with one attached hydrogen (secondary N) is 1. The third-order valence-electron chi connectivity index (χ3n) is 3.49. The van der Waals surface area contributed by atoms with E-state index in [1.54, 1.807) is 35.6 Å². The summed E-state index contributed by atoms with van der Waals surface area (Å²) in [6.45, 7) is 1.95. The molecule has 2 N–H and O–H groups in total. The van der Waals surface area contributed by atoms with Gasteiger partial charge in [-0.25, -0.2) is 4.98 Å². The summed E-state index contributed by atoms with van der Waals surface area (Å²) >= 11 is 7.44. The van der Waals surface area contributed by atoms with Crippen molar-refractivity contribution in [3.8, 4) is 0 Å². The maximum absolute atomic E-state index is 12.1. The van der Waals surface area contributed by atoms with Crippen LogP contribution in [0.2, 0.25) is 5.02 Å². The van der Waals surface area contributed by atoms with Crippen LogP contribution < -0.4 is 5.32 Å². The third-order valence-corrected chi connectivity index (χ3v) is 4.56. The van der Waals surface area contributed by atoms with E-state index in [9.17, 15) is 9.59 Å². The number of hydrogen-bond acceptors (Lipinski definition) is 4. The predicted octanol–water partition coefficient (Wildman–Crippen LogP) is 3.76. The fourth-order valence-electron chi connectivity index (χ4n) is 2.34. The fraction of sp³-hybridized carbons (Fsp3) is 0.353. The van der Waals surface area contributed by atoms with E-state index < -0.39 is 12.0 Å². The molecule has 1 heterocycles. The number of carbonyl (C=O) groups excluding carboxylic acids is 1. The van der Waals surface area contributed by atoms with Crippen LogP contribution in [0.3, 0.4) is 0 Å². The SMILES string of the molecule is Cc1nc(CCCC(=O)N[C@@H](CC(=O)O)c2ccc(Cl)cc2)cs1. The van der Waals surface area contributed by atoms with Crippen molar-refractivity contribution in [1.82, 2.24) is 10.3 Å². The van der Waals surface area contributed by atoms with Crippen molar-refractivity contribution < 1.29 is 14.7 Å². The highest BCUT2D eigenvalue weighted by Gasteiger charge is 2.18. The summed E-state index contributed by atoms with van der Waals surface area (Å²) in [5.74, 6) is -1.13. The van der Waals surface area contributed by atoms with Gasteiger partial charge in [0.1, 0.15) is 0 Å². The van der Waals surface area contributed by atoms with E-state index in [0.29, 0.717) is 17.9 Å². The Morgan fingerprint density at radius 3 is 2.62 bits per heavy atom. The number of carboxylic acid groups (broad SMARTS) is 1. The van der Waals surface area contributed by atoms with Gasteiger partial charge in [-0.3, -0.25) is 9.59 Å². The quantitative estimate of drug-likeness (QED) is 0.745. The van der Waals surface area contributed by atoms with Crippen molar-refractivity contribution in [2.45, 2.75) is 38.6 Å². The average molecular weight is 367 g/mol. The summed E-state index contributed by atoms with van der Waals surface area (Å²) in [6.07, 6.45) is 1.58. The van der Waals surface area contributed by atoms with Crippen molar-refractivity contribution in [2.24, 2.45) is 0 Å². The molecule has 0 spiro atoms. The minimum Gasteiger partial charge on any atom is -0.481 e. The molecule has 128 valence electrons. The number of carbonyl (C=O) groups is 2. The zero-order valence-corrected chi connectivity index (χ0v) is 14.9. The predicted molar refractivity (Wildman–Crippen MR) is 94.4 cm³/mol. The molecule has 0 aliphatic rings. The summed E-state index contributed by atoms with van der Waals surface area (Å²) < 4.78 is 0. The Balaban J connectivity index is 1.89. The van der Waals surface area contributed by atoms with Gasteiger partial charge in [-0.2, -0.15) is 0 Å². The second kappa shape index (κ2) is 8.80. The Labute approximate surface area is 149 Å². The number of thiazole rings is 1. The van der Waals surface area contributed by atoms with Crippen LogP contribution in [0.4, 0.5) is 0 Å². The van der Waals surface area contributed by atoms with Crippen molar-refractivity contribution in [2.75, 3.05) is 0 Å². The smallest absolute Gasteiger partial charge is 0.305 e. The molecule has 0 radical (unpaired) electrons. The lowest BCUT2D eigenvalue weighted by atomic mass is 10.0. The van der Waals surface area contributed by atoms with Gasteiger partial charge < -0.3 is 10.4 Å². The van der Waals surface area contributed by atoms with Gasteiger partial charge in [0.05, 0.1) is 23.2 Å². The lowest BCUT2D eigenvalue weighted by Gasteiger charge is -2.17. The zero-order valence-electron chi connectivity index (χ0n) is 13.3. The minimum absolute atomic E-state index is 0.164. The maximum atomic E-state index is 12.1. The van der Waals surface area contributed by atoms with Crippen LogP contribution in [0.15, 0.2) is 29.6 Å². The summed E-state index contributed by atoms with van der Waals surface area (Å²) in [7, 11) is 0. The van der Waals surface area contributed by atoms with Crippen LogP contribution in [-0.2, 0) is 16.0 Å². The molecule has 1 atom stereocenters. The van der Waals surface area contributed by atoms with Gasteiger partial charge in [0, 0.05) is 16.8 Å². The summed E-state index contributed by atoms with van der Waals surface area (Å²) in [6, 6.07) is 6.27. The minimum atomic E-state index is -0.965. The average Bonchev–Trinajstić information content (AvgIpc) is 2.92. The molecular weight excluding hydrogens is 348 g/mol. The molecule has 1 aromatic heterocycles. The maximum Gasteiger partial charge on any atom is 0.305 e. The lowest BCUT2D eigenvalue weighted by Crippen LogP contribution is -2.30. The van der Waals surface area contributed by atoms with Gasteiger partial charge in [0.2, 0.25) is 5.91 Å². The Morgan fingerprint density at radius 1 is 1.33 bits per heavy atom. The van der Waals surface area contributed by atoms with E-state index in [2.05, 4.69) is 10.3 Å². The van der Waals surface area contributed by atoms with Gasteiger partial charge in [-0.1, -0.05) is 23.7 Å². The summed E-state index contributed by atoms with van der Waals surface area (Å²) in [5.41, 5.74) is 1.72. The second-order valence-electron chi connectivity index (χ2n) is 5.48. The largest absolute Gasteiger partial charge is 0.481 e. The highest BCUT2D eigenvalue weighted by Crippen LogP contribution is 2.20. The molecule has 1 aromatic carbocycles. The number of carboxylic acids is 1. The van der Waals surface area contributed by atoms with Gasteiger partial charge in [0.15, 0.2) is 0 Å². The van der Waals surface area contributed by atoms with Gasteiger partial charge in [-0.05, 0) is 37.5 Å². The number of halogens is 1. The van der Waals surface area contributed by atoms with Gasteiger partial charge >= 0.3 is 5.97 Å². The molecule has 0 bridgehead atoms. The number of aryl methyl sites for hydroxylation is 2. The standard InChI is InChI=1S/C17H19ClN2O3S/c1-11-19-14(10-24-11)3-2-4-16(21)20-15(9-17(22)23)12-5-7-13(18)8-6-12/h5-8,10,15H,2-4,9H2,1H3,(H,20,21)(H,22,23)/t15-/m0/s1. The van der Waals surface area contributed by atoms with Crippen molar-refractivity contribution in [3.05, 3.63) is 50.9 Å². The number of aliphatic carboxylic acids is 1. The topological polar surface area (TPSA) is 79.3 Å². The summed E-state index contributed by atoms with van der Waals surface area (Å²) in [4.78, 5) is 27.5. The number of benzene rings is 1. The molecule has 0 saturated carbocycles. The Kier molecular flexibility index (Phi) is 6.75. The van der Waals surface area contributed by atoms with E-state index >= 15 is 0 Å². The highest BCUT2D eigenvalue weighted by atomic mass is 35.5. The van der Waals surface area contributed by atoms with E-state index in [-0.39, 0.29) is 12.3 Å². The van der Waals surface area contributed by atoms with Crippen molar-refractivity contribution in [3.63, 3.8) is 0 Å². The molecule has 0 aliphatic carbocycles. The first-order valence-electron chi connectivity index (χ1n) is 7.61. The molecule has 2 rings (SSSR count). The van der Waals surface area contributed by atoms with Crippen LogP contribution in [0, 0.1) is 6.92 Å². The molecule has 1 amide bonds. The Bertz CT molecular complexity index is 700. The van der Waals surface area contributed by atoms with Crippen LogP contribution >= 0.6 is 22.9 Å². The number of nitrogens with zero attached hydrogens (tertiary/aromatic N) is 1. The van der Waals surface area contributed by atoms with E-state index in [4.69, 9.17) is 16.7 Å². The zero-order chi connectivity index (χ0) is 17.5. The van der Waals surface area contributed by atoms with E-state index in [0.717, 1.165) is 22.7 Å². The number of amides is 1. The molecular formula is C17H19ClN2O3S. The molecule has 0 aliphatic heterocycles. The third kappa shape index (κ3) is 5.94. The van der Waals surface area contributed by atoms with Gasteiger partial charge in [0.25, 0.3) is 0 Å². The molecule has 0 fully saturated rings. The van der Waals surface area contributed by atoms with Crippen LogP contribution in [0.5, 0.6) is 0 Å². The molecule has 0 saturated heterocycles. The van der Waals surface area contributed by atoms with Crippen LogP contribution in [0.25, 0.3) is 0 Å². The monoisotopic (exact) mass is 366 g/mol. The van der Waals surface area contributed by atoms with E-state index in [1.165, 1.54) is 0 Å². The lowest BCUT2D eigenvalue weighted by molar-refractivity contribution is -0.137. The van der Waals surface area contributed by atoms with Crippen molar-refractivity contribution in [1.29, 1.82) is 0 Å².